The van der Waals surface area contributed by atoms with Gasteiger partial charge in [-0.05, 0) is 38.1 Å². The highest BCUT2D eigenvalue weighted by atomic mass is 32.2. The summed E-state index contributed by atoms with van der Waals surface area (Å²) in [4.78, 5) is 20.8. The number of hydrogen-bond donors (Lipinski definition) is 0. The number of rotatable bonds is 7. The predicted molar refractivity (Wildman–Crippen MR) is 105 cm³/mol. The van der Waals surface area contributed by atoms with Crippen LogP contribution < -0.4 is 4.74 Å². The summed E-state index contributed by atoms with van der Waals surface area (Å²) in [6.45, 7) is 4.18. The quantitative estimate of drug-likeness (QED) is 0.559. The van der Waals surface area contributed by atoms with Crippen LogP contribution >= 0.6 is 11.8 Å². The van der Waals surface area contributed by atoms with Crippen molar-refractivity contribution in [2.24, 2.45) is 0 Å². The minimum absolute atomic E-state index is 0.113. The van der Waals surface area contributed by atoms with E-state index in [2.05, 4.69) is 4.98 Å². The van der Waals surface area contributed by atoms with Crippen molar-refractivity contribution in [2.75, 3.05) is 12.4 Å². The number of thioether (sulfide) groups is 1. The molecule has 0 unspecified atom stereocenters. The van der Waals surface area contributed by atoms with Crippen molar-refractivity contribution in [1.29, 1.82) is 0 Å². The summed E-state index contributed by atoms with van der Waals surface area (Å²) in [6, 6.07) is 17.7. The number of hydrogen-bond acceptors (Lipinski definition) is 5. The summed E-state index contributed by atoms with van der Waals surface area (Å²) >= 11 is 1.42. The average Bonchev–Trinajstić information content (AvgIpc) is 2.68. The normalized spacial score (nSPS) is 10.5. The number of carbonyl (C=O) groups is 1. The van der Waals surface area contributed by atoms with E-state index in [1.165, 1.54) is 11.8 Å². The smallest absolute Gasteiger partial charge is 0.140 e. The molecule has 0 radical (unpaired) electrons. The molecule has 0 bridgehead atoms. The van der Waals surface area contributed by atoms with Gasteiger partial charge in [-0.3, -0.25) is 9.78 Å². The molecule has 3 aromatic rings. The van der Waals surface area contributed by atoms with Gasteiger partial charge in [0.05, 0.1) is 24.3 Å². The third kappa shape index (κ3) is 4.49. The maximum atomic E-state index is 11.4. The predicted octanol–water partition coefficient (Wildman–Crippen LogP) is 4.89. The molecule has 0 amide bonds. The van der Waals surface area contributed by atoms with E-state index in [1.807, 2.05) is 61.5 Å². The van der Waals surface area contributed by atoms with Crippen molar-refractivity contribution in [3.05, 3.63) is 60.8 Å². The van der Waals surface area contributed by atoms with Crippen LogP contribution in [-0.4, -0.2) is 28.1 Å². The van der Waals surface area contributed by atoms with Crippen molar-refractivity contribution in [2.45, 2.75) is 18.9 Å². The second kappa shape index (κ2) is 8.63. The minimum atomic E-state index is 0.113. The third-order valence-electron chi connectivity index (χ3n) is 3.66. The van der Waals surface area contributed by atoms with Gasteiger partial charge in [0, 0.05) is 11.1 Å². The van der Waals surface area contributed by atoms with Crippen LogP contribution in [0.4, 0.5) is 0 Å². The Bertz CT molecular complexity index is 880. The van der Waals surface area contributed by atoms with E-state index in [0.29, 0.717) is 12.4 Å². The SMILES string of the molecule is CCOc1ccc(-c2cnc(-c3ccccc3)c(SCC(C)=O)n2)cc1. The van der Waals surface area contributed by atoms with E-state index < -0.39 is 0 Å². The fourth-order valence-electron chi connectivity index (χ4n) is 2.46. The van der Waals surface area contributed by atoms with Crippen molar-refractivity contribution < 1.29 is 9.53 Å². The van der Waals surface area contributed by atoms with Crippen LogP contribution in [-0.2, 0) is 4.79 Å². The van der Waals surface area contributed by atoms with E-state index in [4.69, 9.17) is 9.72 Å². The van der Waals surface area contributed by atoms with Gasteiger partial charge >= 0.3 is 0 Å². The highest BCUT2D eigenvalue weighted by Gasteiger charge is 2.12. The van der Waals surface area contributed by atoms with Crippen LogP contribution in [0.25, 0.3) is 22.5 Å². The first-order valence-corrected chi connectivity index (χ1v) is 9.44. The summed E-state index contributed by atoms with van der Waals surface area (Å²) in [6.07, 6.45) is 1.77. The van der Waals surface area contributed by atoms with Gasteiger partial charge in [-0.25, -0.2) is 4.98 Å². The number of carbonyl (C=O) groups excluding carboxylic acids is 1. The topological polar surface area (TPSA) is 52.1 Å². The van der Waals surface area contributed by atoms with Crippen LogP contribution in [0.2, 0.25) is 0 Å². The molecule has 0 aliphatic carbocycles. The molecule has 0 aliphatic rings. The van der Waals surface area contributed by atoms with Gasteiger partial charge < -0.3 is 4.74 Å². The Balaban J connectivity index is 1.97. The number of nitrogens with zero attached hydrogens (tertiary/aromatic N) is 2. The lowest BCUT2D eigenvalue weighted by Gasteiger charge is -2.10. The van der Waals surface area contributed by atoms with E-state index in [1.54, 1.807) is 13.1 Å². The zero-order chi connectivity index (χ0) is 18.4. The second-order valence-electron chi connectivity index (χ2n) is 5.72. The van der Waals surface area contributed by atoms with Crippen molar-refractivity contribution in [1.82, 2.24) is 9.97 Å². The number of benzene rings is 2. The summed E-state index contributed by atoms with van der Waals surface area (Å²) in [5.74, 6) is 1.32. The number of ketones is 1. The fourth-order valence-corrected chi connectivity index (χ4v) is 3.27. The molecule has 1 aromatic heterocycles. The molecule has 0 saturated carbocycles. The molecule has 26 heavy (non-hydrogen) atoms. The van der Waals surface area contributed by atoms with E-state index in [9.17, 15) is 4.79 Å². The van der Waals surface area contributed by atoms with Gasteiger partial charge in [0.1, 0.15) is 22.3 Å². The lowest BCUT2D eigenvalue weighted by Crippen LogP contribution is -1.99. The molecule has 0 spiro atoms. The average molecular weight is 364 g/mol. The molecule has 0 aliphatic heterocycles. The van der Waals surface area contributed by atoms with Gasteiger partial charge in [0.2, 0.25) is 0 Å². The molecule has 0 atom stereocenters. The summed E-state index contributed by atoms with van der Waals surface area (Å²) in [7, 11) is 0. The standard InChI is InChI=1S/C21H20N2O2S/c1-3-25-18-11-9-16(10-12-18)19-13-22-20(17-7-5-4-6-8-17)21(23-19)26-14-15(2)24/h4-13H,3,14H2,1-2H3. The van der Waals surface area contributed by atoms with Gasteiger partial charge in [0.15, 0.2) is 0 Å². The Morgan fingerprint density at radius 1 is 1.04 bits per heavy atom. The Labute approximate surface area is 157 Å². The molecule has 4 nitrogen and oxygen atoms in total. The maximum absolute atomic E-state index is 11.4. The fraction of sp³-hybridized carbons (Fsp3) is 0.190. The molecular formula is C21H20N2O2S. The Morgan fingerprint density at radius 3 is 2.42 bits per heavy atom. The monoisotopic (exact) mass is 364 g/mol. The molecule has 0 saturated heterocycles. The zero-order valence-electron chi connectivity index (χ0n) is 14.8. The third-order valence-corrected chi connectivity index (χ3v) is 4.77. The Morgan fingerprint density at radius 2 is 1.77 bits per heavy atom. The van der Waals surface area contributed by atoms with Gasteiger partial charge in [-0.15, -0.1) is 0 Å². The molecule has 5 heteroatoms. The number of Topliss-reactive ketones (excluding diaryl/α,β-unsaturated/α-hetero) is 1. The molecular weight excluding hydrogens is 344 g/mol. The lowest BCUT2D eigenvalue weighted by molar-refractivity contribution is -0.114. The van der Waals surface area contributed by atoms with Crippen LogP contribution in [0.3, 0.4) is 0 Å². The van der Waals surface area contributed by atoms with Crippen molar-refractivity contribution >= 4 is 17.5 Å². The Kier molecular flexibility index (Phi) is 6.02. The van der Waals surface area contributed by atoms with Crippen LogP contribution in [0.1, 0.15) is 13.8 Å². The van der Waals surface area contributed by atoms with Crippen LogP contribution in [0.15, 0.2) is 65.8 Å². The molecule has 132 valence electrons. The highest BCUT2D eigenvalue weighted by Crippen LogP contribution is 2.31. The molecule has 0 fully saturated rings. The number of aromatic nitrogens is 2. The first-order chi connectivity index (χ1) is 12.7. The summed E-state index contributed by atoms with van der Waals surface area (Å²) < 4.78 is 5.48. The molecule has 2 aromatic carbocycles. The Hall–Kier alpha value is -2.66. The van der Waals surface area contributed by atoms with E-state index in [-0.39, 0.29) is 5.78 Å². The summed E-state index contributed by atoms with van der Waals surface area (Å²) in [5, 5.41) is 0.762. The van der Waals surface area contributed by atoms with Crippen molar-refractivity contribution in [3.8, 4) is 28.3 Å². The zero-order valence-corrected chi connectivity index (χ0v) is 15.6. The maximum Gasteiger partial charge on any atom is 0.140 e. The first kappa shape index (κ1) is 18.1. The van der Waals surface area contributed by atoms with Crippen LogP contribution in [0, 0.1) is 0 Å². The summed E-state index contributed by atoms with van der Waals surface area (Å²) in [5.41, 5.74) is 3.53. The van der Waals surface area contributed by atoms with Crippen molar-refractivity contribution in [3.63, 3.8) is 0 Å². The van der Waals surface area contributed by atoms with Gasteiger partial charge in [-0.2, -0.15) is 0 Å². The van der Waals surface area contributed by atoms with Gasteiger partial charge in [0.25, 0.3) is 0 Å². The van der Waals surface area contributed by atoms with E-state index >= 15 is 0 Å². The lowest BCUT2D eigenvalue weighted by atomic mass is 10.1. The van der Waals surface area contributed by atoms with E-state index in [0.717, 1.165) is 33.3 Å². The number of ether oxygens (including phenoxy) is 1. The minimum Gasteiger partial charge on any atom is -0.494 e. The molecule has 3 rings (SSSR count). The molecule has 0 N–H and O–H groups in total. The second-order valence-corrected chi connectivity index (χ2v) is 6.69. The van der Waals surface area contributed by atoms with Crippen LogP contribution in [0.5, 0.6) is 5.75 Å². The first-order valence-electron chi connectivity index (χ1n) is 8.45. The largest absolute Gasteiger partial charge is 0.494 e. The highest BCUT2D eigenvalue weighted by molar-refractivity contribution is 8.00. The molecule has 1 heterocycles. The van der Waals surface area contributed by atoms with Gasteiger partial charge in [-0.1, -0.05) is 42.1 Å².